The third-order valence-electron chi connectivity index (χ3n) is 8.43. The van der Waals surface area contributed by atoms with Crippen molar-refractivity contribution < 1.29 is 9.53 Å². The highest BCUT2D eigenvalue weighted by molar-refractivity contribution is 5.89. The van der Waals surface area contributed by atoms with Gasteiger partial charge in [-0.3, -0.25) is 4.90 Å². The lowest BCUT2D eigenvalue weighted by molar-refractivity contribution is 0.00255. The van der Waals surface area contributed by atoms with Crippen molar-refractivity contribution in [3.63, 3.8) is 0 Å². The maximum atomic E-state index is 12.6. The van der Waals surface area contributed by atoms with E-state index < -0.39 is 0 Å². The number of nitrogens with two attached hydrogens (primary N) is 1. The van der Waals surface area contributed by atoms with E-state index in [2.05, 4.69) is 57.0 Å². The zero-order valence-corrected chi connectivity index (χ0v) is 18.6. The predicted molar refractivity (Wildman–Crippen MR) is 121 cm³/mol. The van der Waals surface area contributed by atoms with Crippen LogP contribution in [0.5, 0.6) is 0 Å². The minimum Gasteiger partial charge on any atom is -0.460 e. The fourth-order valence-corrected chi connectivity index (χ4v) is 5.98. The van der Waals surface area contributed by atoms with Gasteiger partial charge in [0.2, 0.25) is 0 Å². The van der Waals surface area contributed by atoms with Crippen LogP contribution in [0.3, 0.4) is 0 Å². The Morgan fingerprint density at radius 2 is 1.80 bits per heavy atom. The molecule has 2 aliphatic rings. The lowest BCUT2D eigenvalue weighted by Gasteiger charge is -2.45. The van der Waals surface area contributed by atoms with Crippen molar-refractivity contribution in [1.82, 2.24) is 4.90 Å². The number of carbonyl (C=O) groups is 1. The van der Waals surface area contributed by atoms with Gasteiger partial charge in [0.25, 0.3) is 0 Å². The molecule has 4 atom stereocenters. The van der Waals surface area contributed by atoms with Crippen LogP contribution in [-0.4, -0.2) is 30.6 Å². The fourth-order valence-electron chi connectivity index (χ4n) is 5.98. The van der Waals surface area contributed by atoms with Gasteiger partial charge in [0.05, 0.1) is 11.6 Å². The smallest absolute Gasteiger partial charge is 0.338 e. The third kappa shape index (κ3) is 3.41. The van der Waals surface area contributed by atoms with E-state index >= 15 is 0 Å². The summed E-state index contributed by atoms with van der Waals surface area (Å²) in [5.41, 5.74) is 8.72. The molecule has 2 aromatic carbocycles. The summed E-state index contributed by atoms with van der Waals surface area (Å²) in [5.74, 6) is 0.465. The third-order valence-corrected chi connectivity index (χ3v) is 8.43. The van der Waals surface area contributed by atoms with E-state index in [1.54, 1.807) is 24.3 Å². The van der Waals surface area contributed by atoms with Crippen LogP contribution in [0.4, 0.5) is 5.69 Å². The maximum Gasteiger partial charge on any atom is 0.338 e. The molecule has 0 saturated heterocycles. The molecule has 4 heteroatoms. The molecular weight excluding hydrogens is 372 g/mol. The number of nitrogens with zero attached hydrogens (tertiary/aromatic N) is 1. The van der Waals surface area contributed by atoms with Crippen molar-refractivity contribution >= 4 is 11.7 Å². The molecule has 2 saturated carbocycles. The Balaban J connectivity index is 1.55. The molecule has 0 aromatic heterocycles. The minimum atomic E-state index is -0.302. The Kier molecular flexibility index (Phi) is 5.39. The van der Waals surface area contributed by atoms with Crippen LogP contribution in [0, 0.1) is 16.7 Å². The molecule has 2 aromatic rings. The number of fused-ring (bicyclic) bond motifs is 2. The number of carbonyl (C=O) groups excluding carboxylic acids is 1. The van der Waals surface area contributed by atoms with E-state index in [9.17, 15) is 4.79 Å². The van der Waals surface area contributed by atoms with Gasteiger partial charge in [0, 0.05) is 11.7 Å². The summed E-state index contributed by atoms with van der Waals surface area (Å²) in [6, 6.07) is 17.8. The highest BCUT2D eigenvalue weighted by Gasteiger charge is 2.62. The highest BCUT2D eigenvalue weighted by atomic mass is 16.5. The normalized spacial score (nSPS) is 27.9. The van der Waals surface area contributed by atoms with Crippen LogP contribution in [0.1, 0.15) is 62.0 Å². The van der Waals surface area contributed by atoms with Gasteiger partial charge in [-0.2, -0.15) is 0 Å². The van der Waals surface area contributed by atoms with E-state index in [1.807, 2.05) is 6.07 Å². The summed E-state index contributed by atoms with van der Waals surface area (Å²) in [5, 5.41) is 0. The number of benzene rings is 2. The van der Waals surface area contributed by atoms with Gasteiger partial charge in [-0.15, -0.1) is 0 Å². The van der Waals surface area contributed by atoms with Crippen molar-refractivity contribution in [2.45, 2.75) is 52.1 Å². The molecule has 2 fully saturated rings. The summed E-state index contributed by atoms with van der Waals surface area (Å²) in [7, 11) is 2.21. The van der Waals surface area contributed by atoms with E-state index in [0.717, 1.165) is 5.92 Å². The number of esters is 1. The molecule has 4 nitrogen and oxygen atoms in total. The lowest BCUT2D eigenvalue weighted by atomic mass is 9.68. The standard InChI is InChI=1S/C26H34N2O2/c1-25(2)20-14-15-26(25,3)23(16-20)28(4)22(18-8-6-5-7-9-18)17-30-24(29)19-10-12-21(27)13-11-19/h5-13,20,22-23H,14-17,27H2,1-4H3. The number of anilines is 1. The van der Waals surface area contributed by atoms with E-state index in [1.165, 1.54) is 24.8 Å². The quantitative estimate of drug-likeness (QED) is 0.521. The van der Waals surface area contributed by atoms with Gasteiger partial charge in [-0.25, -0.2) is 4.79 Å². The van der Waals surface area contributed by atoms with Crippen molar-refractivity contribution in [2.75, 3.05) is 19.4 Å². The average molecular weight is 407 g/mol. The summed E-state index contributed by atoms with van der Waals surface area (Å²) >= 11 is 0. The van der Waals surface area contributed by atoms with E-state index in [-0.39, 0.29) is 17.4 Å². The molecule has 2 aliphatic carbocycles. The van der Waals surface area contributed by atoms with Crippen LogP contribution >= 0.6 is 0 Å². The largest absolute Gasteiger partial charge is 0.460 e. The maximum absolute atomic E-state index is 12.6. The number of hydrogen-bond acceptors (Lipinski definition) is 4. The van der Waals surface area contributed by atoms with Crippen molar-refractivity contribution in [2.24, 2.45) is 16.7 Å². The van der Waals surface area contributed by atoms with Gasteiger partial charge >= 0.3 is 5.97 Å². The zero-order valence-electron chi connectivity index (χ0n) is 18.6. The average Bonchev–Trinajstić information content (AvgIpc) is 3.08. The molecule has 2 N–H and O–H groups in total. The molecule has 2 bridgehead atoms. The molecule has 0 radical (unpaired) electrons. The zero-order chi connectivity index (χ0) is 21.5. The SMILES string of the molecule is CN(C(COC(=O)c1ccc(N)cc1)c1ccccc1)C1CC2CCC1(C)C2(C)C. The summed E-state index contributed by atoms with van der Waals surface area (Å²) in [6.45, 7) is 7.68. The van der Waals surface area contributed by atoms with Gasteiger partial charge in [0.15, 0.2) is 0 Å². The van der Waals surface area contributed by atoms with Crippen LogP contribution in [0.15, 0.2) is 54.6 Å². The van der Waals surface area contributed by atoms with Crippen molar-refractivity contribution in [3.8, 4) is 0 Å². The molecule has 4 unspecified atom stereocenters. The van der Waals surface area contributed by atoms with Crippen LogP contribution in [-0.2, 0) is 4.74 Å². The molecule has 0 heterocycles. The van der Waals surface area contributed by atoms with Crippen molar-refractivity contribution in [3.05, 3.63) is 65.7 Å². The molecular formula is C26H34N2O2. The first-order valence-electron chi connectivity index (χ1n) is 11.0. The summed E-state index contributed by atoms with van der Waals surface area (Å²) < 4.78 is 5.81. The Bertz CT molecular complexity index is 893. The topological polar surface area (TPSA) is 55.6 Å². The van der Waals surface area contributed by atoms with Gasteiger partial charge in [-0.1, -0.05) is 51.1 Å². The first kappa shape index (κ1) is 20.9. The van der Waals surface area contributed by atoms with Crippen molar-refractivity contribution in [1.29, 1.82) is 0 Å². The number of nitrogen functional groups attached to an aromatic ring is 1. The Hall–Kier alpha value is -2.33. The second-order valence-electron chi connectivity index (χ2n) is 9.94. The van der Waals surface area contributed by atoms with Crippen LogP contribution < -0.4 is 5.73 Å². The predicted octanol–water partition coefficient (Wildman–Crippen LogP) is 5.31. The summed E-state index contributed by atoms with van der Waals surface area (Å²) in [6.07, 6.45) is 3.82. The summed E-state index contributed by atoms with van der Waals surface area (Å²) in [4.78, 5) is 15.1. The second kappa shape index (κ2) is 7.73. The number of ether oxygens (including phenoxy) is 1. The van der Waals surface area contributed by atoms with Gasteiger partial charge in [-0.05, 0) is 72.9 Å². The molecule has 4 rings (SSSR count). The van der Waals surface area contributed by atoms with E-state index in [4.69, 9.17) is 10.5 Å². The Morgan fingerprint density at radius 1 is 1.13 bits per heavy atom. The first-order chi connectivity index (χ1) is 14.2. The molecule has 0 amide bonds. The molecule has 0 aliphatic heterocycles. The van der Waals surface area contributed by atoms with Crippen LogP contribution in [0.25, 0.3) is 0 Å². The minimum absolute atomic E-state index is 0.0286. The van der Waals surface area contributed by atoms with E-state index in [0.29, 0.717) is 29.3 Å². The molecule has 0 spiro atoms. The molecule has 30 heavy (non-hydrogen) atoms. The number of hydrogen-bond donors (Lipinski definition) is 1. The highest BCUT2D eigenvalue weighted by Crippen LogP contribution is 2.66. The van der Waals surface area contributed by atoms with Gasteiger partial charge < -0.3 is 10.5 Å². The first-order valence-corrected chi connectivity index (χ1v) is 11.0. The fraction of sp³-hybridized carbons (Fsp3) is 0.500. The Labute approximate surface area is 180 Å². The monoisotopic (exact) mass is 406 g/mol. The second-order valence-corrected chi connectivity index (χ2v) is 9.94. The Morgan fingerprint density at radius 3 is 2.37 bits per heavy atom. The lowest BCUT2D eigenvalue weighted by Crippen LogP contribution is -2.47. The molecule has 160 valence electrons. The number of likely N-dealkylation sites (N-methyl/N-ethyl adjacent to an activating group) is 1. The van der Waals surface area contributed by atoms with Gasteiger partial charge in [0.1, 0.15) is 6.61 Å². The number of rotatable bonds is 6. The van der Waals surface area contributed by atoms with Crippen LogP contribution in [0.2, 0.25) is 0 Å².